The maximum Gasteiger partial charge on any atom is 0.254 e. The molecule has 0 spiro atoms. The average Bonchev–Trinajstić information content (AvgIpc) is 2.49. The van der Waals surface area contributed by atoms with Crippen molar-refractivity contribution in [2.45, 2.75) is 6.92 Å². The monoisotopic (exact) mass is 299 g/mol. The minimum Gasteiger partial charge on any atom is -0.493 e. The van der Waals surface area contributed by atoms with Crippen LogP contribution in [0.15, 0.2) is 12.1 Å². The van der Waals surface area contributed by atoms with Crippen molar-refractivity contribution in [1.82, 2.24) is 4.90 Å². The van der Waals surface area contributed by atoms with Crippen molar-refractivity contribution in [3.05, 3.63) is 22.7 Å². The standard InChI is InChI=1S/C14H18ClNO4/c1-3-20-13-11(15)8-10(9-12(13)18-2)14(17)16-4-6-19-7-5-16/h8-9H,3-7H2,1-2H3. The van der Waals surface area contributed by atoms with Gasteiger partial charge in [0.1, 0.15) is 0 Å². The smallest absolute Gasteiger partial charge is 0.254 e. The Morgan fingerprint density at radius 3 is 2.70 bits per heavy atom. The molecule has 0 unspecified atom stereocenters. The lowest BCUT2D eigenvalue weighted by molar-refractivity contribution is 0.0302. The van der Waals surface area contributed by atoms with Gasteiger partial charge in [-0.05, 0) is 19.1 Å². The van der Waals surface area contributed by atoms with Gasteiger partial charge in [-0.15, -0.1) is 0 Å². The molecule has 2 rings (SSSR count). The molecule has 1 heterocycles. The molecule has 5 nitrogen and oxygen atoms in total. The zero-order chi connectivity index (χ0) is 14.5. The molecule has 1 saturated heterocycles. The summed E-state index contributed by atoms with van der Waals surface area (Å²) in [6.07, 6.45) is 0. The van der Waals surface area contributed by atoms with Gasteiger partial charge >= 0.3 is 0 Å². The number of nitrogens with zero attached hydrogens (tertiary/aromatic N) is 1. The van der Waals surface area contributed by atoms with Gasteiger partial charge in [-0.25, -0.2) is 0 Å². The maximum atomic E-state index is 12.4. The fourth-order valence-electron chi connectivity index (χ4n) is 2.08. The first-order valence-corrected chi connectivity index (χ1v) is 6.92. The number of hydrogen-bond donors (Lipinski definition) is 0. The van der Waals surface area contributed by atoms with Crippen LogP contribution < -0.4 is 9.47 Å². The Balaban J connectivity index is 2.27. The Kier molecular flexibility index (Phi) is 5.09. The summed E-state index contributed by atoms with van der Waals surface area (Å²) >= 11 is 6.17. The Morgan fingerprint density at radius 2 is 2.10 bits per heavy atom. The molecule has 1 aliphatic rings. The fourth-order valence-corrected chi connectivity index (χ4v) is 2.34. The van der Waals surface area contributed by atoms with Crippen molar-refractivity contribution < 1.29 is 19.0 Å². The molecule has 1 amide bonds. The summed E-state index contributed by atoms with van der Waals surface area (Å²) in [6, 6.07) is 3.28. The summed E-state index contributed by atoms with van der Waals surface area (Å²) in [7, 11) is 1.52. The van der Waals surface area contributed by atoms with Gasteiger partial charge in [-0.3, -0.25) is 4.79 Å². The highest BCUT2D eigenvalue weighted by Crippen LogP contribution is 2.36. The second kappa shape index (κ2) is 6.81. The number of benzene rings is 1. The highest BCUT2D eigenvalue weighted by Gasteiger charge is 2.21. The van der Waals surface area contributed by atoms with Crippen LogP contribution in [0.3, 0.4) is 0 Å². The van der Waals surface area contributed by atoms with Crippen molar-refractivity contribution in [1.29, 1.82) is 0 Å². The minimum absolute atomic E-state index is 0.0726. The first-order valence-electron chi connectivity index (χ1n) is 6.54. The second-order valence-electron chi connectivity index (χ2n) is 4.33. The van der Waals surface area contributed by atoms with Crippen molar-refractivity contribution in [2.75, 3.05) is 40.0 Å². The van der Waals surface area contributed by atoms with Crippen LogP contribution in [0.1, 0.15) is 17.3 Å². The van der Waals surface area contributed by atoms with E-state index in [0.717, 1.165) is 0 Å². The lowest BCUT2D eigenvalue weighted by atomic mass is 10.1. The molecular formula is C14H18ClNO4. The van der Waals surface area contributed by atoms with Crippen molar-refractivity contribution in [3.8, 4) is 11.5 Å². The van der Waals surface area contributed by atoms with Crippen molar-refractivity contribution >= 4 is 17.5 Å². The van der Waals surface area contributed by atoms with E-state index >= 15 is 0 Å². The maximum absolute atomic E-state index is 12.4. The summed E-state index contributed by atoms with van der Waals surface area (Å²) in [4.78, 5) is 14.1. The quantitative estimate of drug-likeness (QED) is 0.855. The Bertz CT molecular complexity index is 486. The summed E-state index contributed by atoms with van der Waals surface area (Å²) in [5.41, 5.74) is 0.497. The van der Waals surface area contributed by atoms with Crippen LogP contribution in [0.4, 0.5) is 0 Å². The van der Waals surface area contributed by atoms with Crippen LogP contribution in [0.5, 0.6) is 11.5 Å². The molecule has 0 aromatic heterocycles. The van der Waals surface area contributed by atoms with E-state index in [0.29, 0.717) is 55.0 Å². The van der Waals surface area contributed by atoms with E-state index in [9.17, 15) is 4.79 Å². The summed E-state index contributed by atoms with van der Waals surface area (Å²) in [5.74, 6) is 0.864. The third-order valence-corrected chi connectivity index (χ3v) is 3.34. The average molecular weight is 300 g/mol. The molecule has 0 aliphatic carbocycles. The highest BCUT2D eigenvalue weighted by molar-refractivity contribution is 6.32. The number of ether oxygens (including phenoxy) is 3. The van der Waals surface area contributed by atoms with Crippen LogP contribution in [0, 0.1) is 0 Å². The first-order chi connectivity index (χ1) is 9.67. The molecular weight excluding hydrogens is 282 g/mol. The van der Waals surface area contributed by atoms with E-state index in [1.165, 1.54) is 7.11 Å². The number of methoxy groups -OCH3 is 1. The Morgan fingerprint density at radius 1 is 1.40 bits per heavy atom. The fraction of sp³-hybridized carbons (Fsp3) is 0.500. The summed E-state index contributed by atoms with van der Waals surface area (Å²) in [6.45, 7) is 4.65. The van der Waals surface area contributed by atoms with Crippen LogP contribution >= 0.6 is 11.6 Å². The third kappa shape index (κ3) is 3.16. The van der Waals surface area contributed by atoms with Gasteiger partial charge in [-0.2, -0.15) is 0 Å². The lowest BCUT2D eigenvalue weighted by Crippen LogP contribution is -2.40. The molecule has 6 heteroatoms. The van der Waals surface area contributed by atoms with Crippen molar-refractivity contribution in [2.24, 2.45) is 0 Å². The molecule has 0 atom stereocenters. The second-order valence-corrected chi connectivity index (χ2v) is 4.73. The van der Waals surface area contributed by atoms with Crippen molar-refractivity contribution in [3.63, 3.8) is 0 Å². The van der Waals surface area contributed by atoms with Gasteiger partial charge in [0.25, 0.3) is 5.91 Å². The van der Waals surface area contributed by atoms with Gasteiger partial charge in [0.2, 0.25) is 0 Å². The highest BCUT2D eigenvalue weighted by atomic mass is 35.5. The molecule has 1 aliphatic heterocycles. The van der Waals surface area contributed by atoms with E-state index in [-0.39, 0.29) is 5.91 Å². The number of hydrogen-bond acceptors (Lipinski definition) is 4. The number of amides is 1. The van der Waals surface area contributed by atoms with Crippen LogP contribution in [0.25, 0.3) is 0 Å². The number of rotatable bonds is 4. The van der Waals surface area contributed by atoms with Gasteiger partial charge in [-0.1, -0.05) is 11.6 Å². The number of carbonyl (C=O) groups is 1. The van der Waals surface area contributed by atoms with E-state index in [1.54, 1.807) is 17.0 Å². The Hall–Kier alpha value is -1.46. The summed E-state index contributed by atoms with van der Waals surface area (Å²) < 4.78 is 15.9. The van der Waals surface area contributed by atoms with E-state index in [2.05, 4.69) is 0 Å². The van der Waals surface area contributed by atoms with E-state index in [1.807, 2.05) is 6.92 Å². The molecule has 110 valence electrons. The van der Waals surface area contributed by atoms with Gasteiger partial charge < -0.3 is 19.1 Å². The minimum atomic E-state index is -0.0726. The predicted molar refractivity (Wildman–Crippen MR) is 75.9 cm³/mol. The molecule has 1 fully saturated rings. The van der Waals surface area contributed by atoms with Crippen LogP contribution in [0.2, 0.25) is 5.02 Å². The molecule has 0 N–H and O–H groups in total. The molecule has 20 heavy (non-hydrogen) atoms. The Labute approximate surface area is 123 Å². The van der Waals surface area contributed by atoms with Crippen LogP contribution in [-0.2, 0) is 4.74 Å². The molecule has 1 aromatic rings. The zero-order valence-corrected chi connectivity index (χ0v) is 12.4. The molecule has 0 saturated carbocycles. The molecule has 0 radical (unpaired) electrons. The summed E-state index contributed by atoms with van der Waals surface area (Å²) in [5, 5.41) is 0.378. The molecule has 1 aromatic carbocycles. The molecule has 0 bridgehead atoms. The van der Waals surface area contributed by atoms with Gasteiger partial charge in [0.05, 0.1) is 32.0 Å². The number of carbonyl (C=O) groups excluding carboxylic acids is 1. The van der Waals surface area contributed by atoms with E-state index in [4.69, 9.17) is 25.8 Å². The SMILES string of the molecule is CCOc1c(Cl)cc(C(=O)N2CCOCC2)cc1OC. The first kappa shape index (κ1) is 14.9. The number of morpholine rings is 1. The predicted octanol–water partition coefficient (Wildman–Crippen LogP) is 2.22. The third-order valence-electron chi connectivity index (χ3n) is 3.06. The number of halogens is 1. The van der Waals surface area contributed by atoms with E-state index < -0.39 is 0 Å². The van der Waals surface area contributed by atoms with Crippen LogP contribution in [-0.4, -0.2) is 50.8 Å². The normalized spacial score (nSPS) is 15.1. The zero-order valence-electron chi connectivity index (χ0n) is 11.6. The van der Waals surface area contributed by atoms with Gasteiger partial charge in [0, 0.05) is 18.7 Å². The van der Waals surface area contributed by atoms with Gasteiger partial charge in [0.15, 0.2) is 11.5 Å². The topological polar surface area (TPSA) is 48.0 Å². The lowest BCUT2D eigenvalue weighted by Gasteiger charge is -2.27. The largest absolute Gasteiger partial charge is 0.493 e.